The first-order valence-electron chi connectivity index (χ1n) is 9.68. The van der Waals surface area contributed by atoms with E-state index >= 15 is 0 Å². The van der Waals surface area contributed by atoms with Gasteiger partial charge in [0.25, 0.3) is 0 Å². The van der Waals surface area contributed by atoms with Gasteiger partial charge >= 0.3 is 0 Å². The second-order valence-electron chi connectivity index (χ2n) is 7.41. The van der Waals surface area contributed by atoms with Crippen molar-refractivity contribution in [3.8, 4) is 0 Å². The van der Waals surface area contributed by atoms with Gasteiger partial charge in [-0.2, -0.15) is 0 Å². The summed E-state index contributed by atoms with van der Waals surface area (Å²) in [6.45, 7) is 3.95. The second kappa shape index (κ2) is 6.85. The second-order valence-corrected chi connectivity index (χ2v) is 7.41. The van der Waals surface area contributed by atoms with Crippen molar-refractivity contribution in [3.63, 3.8) is 0 Å². The molecule has 1 saturated heterocycles. The van der Waals surface area contributed by atoms with E-state index in [4.69, 9.17) is 4.74 Å². The topological polar surface area (TPSA) is 66.1 Å². The van der Waals surface area contributed by atoms with E-state index in [1.165, 1.54) is 31.1 Å². The van der Waals surface area contributed by atoms with Crippen LogP contribution in [0.3, 0.4) is 0 Å². The monoisotopic (exact) mass is 351 g/mol. The number of nitrogens with one attached hydrogen (secondary N) is 2. The lowest BCUT2D eigenvalue weighted by Crippen LogP contribution is -2.46. The highest BCUT2D eigenvalue weighted by atomic mass is 16.5. The number of aromatic nitrogens is 3. The van der Waals surface area contributed by atoms with Crippen LogP contribution in [0, 0.1) is 0 Å². The standard InChI is InChI=1S/C20H25N5O/c1-2-4-17-16(3-1)18-19(21-13-22-20(18)24-17)23-14-5-7-15(8-6-14)25-9-11-26-12-10-25/h1-4,13-15H,5-12H2,(H2,21,22,23,24). The first-order chi connectivity index (χ1) is 12.9. The molecule has 2 fully saturated rings. The number of aromatic amines is 1. The number of anilines is 1. The largest absolute Gasteiger partial charge is 0.379 e. The Labute approximate surface area is 153 Å². The first-order valence-corrected chi connectivity index (χ1v) is 9.68. The van der Waals surface area contributed by atoms with Crippen molar-refractivity contribution >= 4 is 27.8 Å². The Balaban J connectivity index is 1.33. The van der Waals surface area contributed by atoms with E-state index in [0.717, 1.165) is 54.7 Å². The number of rotatable bonds is 3. The first kappa shape index (κ1) is 16.0. The van der Waals surface area contributed by atoms with Crippen molar-refractivity contribution in [2.45, 2.75) is 37.8 Å². The molecule has 3 heterocycles. The quantitative estimate of drug-likeness (QED) is 0.759. The molecule has 0 unspecified atom stereocenters. The summed E-state index contributed by atoms with van der Waals surface area (Å²) < 4.78 is 5.49. The van der Waals surface area contributed by atoms with Crippen LogP contribution in [0.1, 0.15) is 25.7 Å². The number of ether oxygens (including phenoxy) is 1. The molecule has 6 heteroatoms. The number of para-hydroxylation sites is 1. The number of hydrogen-bond donors (Lipinski definition) is 2. The summed E-state index contributed by atoms with van der Waals surface area (Å²) in [7, 11) is 0. The lowest BCUT2D eigenvalue weighted by Gasteiger charge is -2.39. The Hall–Kier alpha value is -2.18. The van der Waals surface area contributed by atoms with Gasteiger partial charge in [0.1, 0.15) is 17.8 Å². The van der Waals surface area contributed by atoms with Crippen molar-refractivity contribution in [1.29, 1.82) is 0 Å². The predicted octanol–water partition coefficient (Wildman–Crippen LogP) is 3.17. The fourth-order valence-electron chi connectivity index (χ4n) is 4.50. The van der Waals surface area contributed by atoms with Crippen molar-refractivity contribution in [1.82, 2.24) is 19.9 Å². The Kier molecular flexibility index (Phi) is 4.22. The number of morpholine rings is 1. The van der Waals surface area contributed by atoms with Gasteiger partial charge in [0.15, 0.2) is 0 Å². The summed E-state index contributed by atoms with van der Waals surface area (Å²) in [5.41, 5.74) is 2.02. The maximum absolute atomic E-state index is 5.49. The molecule has 1 aromatic carbocycles. The molecule has 2 aromatic heterocycles. The molecular formula is C20H25N5O. The van der Waals surface area contributed by atoms with Crippen LogP contribution in [0.4, 0.5) is 5.82 Å². The molecule has 1 aliphatic heterocycles. The van der Waals surface area contributed by atoms with Gasteiger partial charge < -0.3 is 15.0 Å². The third-order valence-corrected chi connectivity index (χ3v) is 5.90. The van der Waals surface area contributed by atoms with E-state index in [9.17, 15) is 0 Å². The Morgan fingerprint density at radius 1 is 1.04 bits per heavy atom. The minimum Gasteiger partial charge on any atom is -0.379 e. The molecule has 1 aliphatic carbocycles. The van der Waals surface area contributed by atoms with E-state index in [2.05, 4.69) is 43.4 Å². The highest BCUT2D eigenvalue weighted by molar-refractivity contribution is 6.10. The Morgan fingerprint density at radius 3 is 2.69 bits per heavy atom. The van der Waals surface area contributed by atoms with Crippen molar-refractivity contribution in [2.24, 2.45) is 0 Å². The van der Waals surface area contributed by atoms with Crippen LogP contribution in [0.2, 0.25) is 0 Å². The molecule has 5 rings (SSSR count). The number of H-pyrrole nitrogens is 1. The van der Waals surface area contributed by atoms with Crippen LogP contribution < -0.4 is 5.32 Å². The number of nitrogens with zero attached hydrogens (tertiary/aromatic N) is 3. The van der Waals surface area contributed by atoms with Crippen LogP contribution in [0.15, 0.2) is 30.6 Å². The molecule has 0 spiro atoms. The van der Waals surface area contributed by atoms with Gasteiger partial charge in [0.05, 0.1) is 18.6 Å². The predicted molar refractivity (Wildman–Crippen MR) is 103 cm³/mol. The summed E-state index contributed by atoms with van der Waals surface area (Å²) in [6.07, 6.45) is 6.53. The van der Waals surface area contributed by atoms with Gasteiger partial charge in [-0.3, -0.25) is 4.90 Å². The zero-order chi connectivity index (χ0) is 17.3. The molecule has 0 amide bonds. The minimum atomic E-state index is 0.485. The van der Waals surface area contributed by atoms with Crippen LogP contribution in [-0.2, 0) is 4.74 Å². The molecule has 3 aromatic rings. The zero-order valence-corrected chi connectivity index (χ0v) is 14.9. The maximum atomic E-state index is 5.49. The highest BCUT2D eigenvalue weighted by Gasteiger charge is 2.27. The average molecular weight is 351 g/mol. The van der Waals surface area contributed by atoms with E-state index in [-0.39, 0.29) is 0 Å². The summed E-state index contributed by atoms with van der Waals surface area (Å²) >= 11 is 0. The van der Waals surface area contributed by atoms with E-state index in [1.807, 2.05) is 6.07 Å². The third kappa shape index (κ3) is 2.93. The summed E-state index contributed by atoms with van der Waals surface area (Å²) in [6, 6.07) is 9.55. The summed E-state index contributed by atoms with van der Waals surface area (Å²) in [4.78, 5) is 15.0. The molecule has 0 bridgehead atoms. The summed E-state index contributed by atoms with van der Waals surface area (Å²) in [5, 5.41) is 6.01. The van der Waals surface area contributed by atoms with Gasteiger partial charge in [-0.25, -0.2) is 9.97 Å². The van der Waals surface area contributed by atoms with Crippen LogP contribution in [0.5, 0.6) is 0 Å². The molecule has 1 saturated carbocycles. The van der Waals surface area contributed by atoms with Crippen molar-refractivity contribution in [3.05, 3.63) is 30.6 Å². The SMILES string of the molecule is c1ccc2c(c1)[nH]c1ncnc(NC3CCC(N4CCOCC4)CC3)c12. The third-order valence-electron chi connectivity index (χ3n) is 5.90. The van der Waals surface area contributed by atoms with Gasteiger partial charge in [-0.05, 0) is 31.7 Å². The van der Waals surface area contributed by atoms with Gasteiger partial charge in [-0.1, -0.05) is 18.2 Å². The van der Waals surface area contributed by atoms with Gasteiger partial charge in [0, 0.05) is 36.1 Å². The molecule has 0 radical (unpaired) electrons. The van der Waals surface area contributed by atoms with Crippen LogP contribution in [-0.4, -0.2) is 58.2 Å². The minimum absolute atomic E-state index is 0.485. The van der Waals surface area contributed by atoms with E-state index in [0.29, 0.717) is 6.04 Å². The van der Waals surface area contributed by atoms with Crippen LogP contribution in [0.25, 0.3) is 21.9 Å². The smallest absolute Gasteiger partial charge is 0.143 e. The summed E-state index contributed by atoms with van der Waals surface area (Å²) in [5.74, 6) is 0.960. The fourth-order valence-corrected chi connectivity index (χ4v) is 4.50. The molecule has 26 heavy (non-hydrogen) atoms. The van der Waals surface area contributed by atoms with Crippen LogP contribution >= 0.6 is 0 Å². The molecule has 2 aliphatic rings. The Bertz CT molecular complexity index is 893. The zero-order valence-electron chi connectivity index (χ0n) is 14.9. The lowest BCUT2D eigenvalue weighted by atomic mass is 9.90. The maximum Gasteiger partial charge on any atom is 0.143 e. The number of hydrogen-bond acceptors (Lipinski definition) is 5. The van der Waals surface area contributed by atoms with E-state index in [1.54, 1.807) is 6.33 Å². The fraction of sp³-hybridized carbons (Fsp3) is 0.500. The van der Waals surface area contributed by atoms with Crippen molar-refractivity contribution < 1.29 is 4.74 Å². The van der Waals surface area contributed by atoms with Gasteiger partial charge in [0.2, 0.25) is 0 Å². The number of benzene rings is 1. The molecular weight excluding hydrogens is 326 g/mol. The molecule has 136 valence electrons. The molecule has 2 N–H and O–H groups in total. The van der Waals surface area contributed by atoms with Crippen molar-refractivity contribution in [2.75, 3.05) is 31.6 Å². The number of fused-ring (bicyclic) bond motifs is 3. The normalized spacial score (nSPS) is 24.9. The highest BCUT2D eigenvalue weighted by Crippen LogP contribution is 2.31. The average Bonchev–Trinajstić information content (AvgIpc) is 3.09. The molecule has 0 atom stereocenters. The lowest BCUT2D eigenvalue weighted by molar-refractivity contribution is 0.00791. The van der Waals surface area contributed by atoms with E-state index < -0.39 is 0 Å². The van der Waals surface area contributed by atoms with Gasteiger partial charge in [-0.15, -0.1) is 0 Å². The molecule has 6 nitrogen and oxygen atoms in total. The Morgan fingerprint density at radius 2 is 1.85 bits per heavy atom.